The van der Waals surface area contributed by atoms with E-state index in [9.17, 15) is 13.5 Å². The van der Waals surface area contributed by atoms with Gasteiger partial charge in [0, 0.05) is 29.7 Å². The smallest absolute Gasteiger partial charge is 0.243 e. The minimum atomic E-state index is -3.45. The Hall–Kier alpha value is -1.32. The number of piperazine rings is 1. The second-order valence-electron chi connectivity index (χ2n) is 5.33. The molecule has 1 N–H and O–H groups in total. The van der Waals surface area contributed by atoms with Crippen LogP contribution in [0.25, 0.3) is 0 Å². The highest BCUT2D eigenvalue weighted by Crippen LogP contribution is 2.28. The number of para-hydroxylation sites is 2. The number of halogens is 1. The summed E-state index contributed by atoms with van der Waals surface area (Å²) in [5.41, 5.74) is 0.749. The molecule has 122 valence electrons. The van der Waals surface area contributed by atoms with Crippen molar-refractivity contribution in [2.24, 2.45) is 0 Å². The number of anilines is 1. The van der Waals surface area contributed by atoms with Gasteiger partial charge >= 0.3 is 0 Å². The Morgan fingerprint density at radius 3 is 2.13 bits per heavy atom. The number of benzene rings is 2. The first-order chi connectivity index (χ1) is 11.0. The second-order valence-corrected chi connectivity index (χ2v) is 8.52. The molecule has 7 heteroatoms. The Bertz CT molecular complexity index is 785. The number of hydrogen-bond donors (Lipinski definition) is 1. The summed E-state index contributed by atoms with van der Waals surface area (Å²) in [7, 11) is -3.45. The van der Waals surface area contributed by atoms with Crippen molar-refractivity contribution in [3.63, 3.8) is 0 Å². The van der Waals surface area contributed by atoms with Crippen LogP contribution in [0.15, 0.2) is 53.4 Å². The number of rotatable bonds is 3. The third kappa shape index (κ3) is 3.46. The molecule has 0 spiro atoms. The number of nitrogens with zero attached hydrogens (tertiary/aromatic N) is 2. The molecule has 0 aromatic heterocycles. The van der Waals surface area contributed by atoms with Crippen LogP contribution in [-0.2, 0) is 10.0 Å². The van der Waals surface area contributed by atoms with E-state index < -0.39 is 10.0 Å². The van der Waals surface area contributed by atoms with Gasteiger partial charge in [0.2, 0.25) is 10.0 Å². The largest absolute Gasteiger partial charge is 0.506 e. The molecule has 1 heterocycles. The van der Waals surface area contributed by atoms with E-state index in [1.54, 1.807) is 36.4 Å². The Morgan fingerprint density at radius 2 is 1.52 bits per heavy atom. The van der Waals surface area contributed by atoms with Crippen LogP contribution in [0.3, 0.4) is 0 Å². The Labute approximate surface area is 149 Å². The van der Waals surface area contributed by atoms with Gasteiger partial charge in [0.05, 0.1) is 10.6 Å². The quantitative estimate of drug-likeness (QED) is 0.740. The van der Waals surface area contributed by atoms with Crippen molar-refractivity contribution in [3.8, 4) is 5.75 Å². The molecule has 5 nitrogen and oxygen atoms in total. The monoisotopic (exact) mass is 444 g/mol. The molecule has 0 bridgehead atoms. The number of hydrogen-bond acceptors (Lipinski definition) is 4. The third-order valence-corrected chi connectivity index (χ3v) is 6.54. The molecule has 0 amide bonds. The minimum absolute atomic E-state index is 0.224. The molecule has 1 aliphatic heterocycles. The summed E-state index contributed by atoms with van der Waals surface area (Å²) < 4.78 is 27.8. The van der Waals surface area contributed by atoms with Crippen LogP contribution in [0.5, 0.6) is 5.75 Å². The van der Waals surface area contributed by atoms with Crippen molar-refractivity contribution in [1.82, 2.24) is 4.31 Å². The van der Waals surface area contributed by atoms with Gasteiger partial charge in [-0.05, 0) is 59.0 Å². The van der Waals surface area contributed by atoms with Gasteiger partial charge in [0.25, 0.3) is 0 Å². The topological polar surface area (TPSA) is 60.9 Å². The molecule has 0 unspecified atom stereocenters. The molecule has 0 atom stereocenters. The zero-order valence-corrected chi connectivity index (χ0v) is 15.4. The summed E-state index contributed by atoms with van der Waals surface area (Å²) in [6.45, 7) is 1.92. The first-order valence-electron chi connectivity index (χ1n) is 7.27. The number of sulfonamides is 1. The fraction of sp³-hybridized carbons (Fsp3) is 0.250. The van der Waals surface area contributed by atoms with Crippen molar-refractivity contribution in [3.05, 3.63) is 52.1 Å². The predicted octanol–water partition coefficient (Wildman–Crippen LogP) is 2.51. The molecule has 3 rings (SSSR count). The Kier molecular flexibility index (Phi) is 4.79. The van der Waals surface area contributed by atoms with Crippen molar-refractivity contribution >= 4 is 38.3 Å². The van der Waals surface area contributed by atoms with Gasteiger partial charge in [-0.1, -0.05) is 12.1 Å². The van der Waals surface area contributed by atoms with Gasteiger partial charge in [0.15, 0.2) is 0 Å². The lowest BCUT2D eigenvalue weighted by Crippen LogP contribution is -2.48. The van der Waals surface area contributed by atoms with Crippen molar-refractivity contribution in [2.45, 2.75) is 4.90 Å². The van der Waals surface area contributed by atoms with Crippen LogP contribution in [0, 0.1) is 3.57 Å². The molecule has 2 aromatic carbocycles. The van der Waals surface area contributed by atoms with Crippen LogP contribution in [0.4, 0.5) is 5.69 Å². The molecule has 0 radical (unpaired) electrons. The average Bonchev–Trinajstić information content (AvgIpc) is 2.56. The maximum atomic E-state index is 12.7. The summed E-state index contributed by atoms with van der Waals surface area (Å²) in [4.78, 5) is 2.34. The summed E-state index contributed by atoms with van der Waals surface area (Å²) >= 11 is 2.15. The first kappa shape index (κ1) is 16.5. The first-order valence-corrected chi connectivity index (χ1v) is 9.79. The summed E-state index contributed by atoms with van der Waals surface area (Å²) in [6.07, 6.45) is 0. The van der Waals surface area contributed by atoms with E-state index in [1.807, 2.05) is 17.0 Å². The maximum absolute atomic E-state index is 12.7. The van der Waals surface area contributed by atoms with Gasteiger partial charge in [0.1, 0.15) is 5.75 Å². The zero-order chi connectivity index (χ0) is 16.4. The molecular formula is C16H17IN2O3S. The van der Waals surface area contributed by atoms with E-state index in [-0.39, 0.29) is 5.75 Å². The summed E-state index contributed by atoms with van der Waals surface area (Å²) in [5, 5.41) is 9.92. The van der Waals surface area contributed by atoms with E-state index in [4.69, 9.17) is 0 Å². The predicted molar refractivity (Wildman–Crippen MR) is 98.2 cm³/mol. The van der Waals surface area contributed by atoms with Gasteiger partial charge in [-0.25, -0.2) is 8.42 Å². The van der Waals surface area contributed by atoms with E-state index in [2.05, 4.69) is 22.6 Å². The van der Waals surface area contributed by atoms with Crippen molar-refractivity contribution < 1.29 is 13.5 Å². The van der Waals surface area contributed by atoms with Crippen molar-refractivity contribution in [2.75, 3.05) is 31.1 Å². The standard InChI is InChI=1S/C16H17IN2O3S/c17-13-5-7-14(8-6-13)23(21,22)19-11-9-18(10-12-19)15-3-1-2-4-16(15)20/h1-8,20H,9-12H2. The molecule has 1 saturated heterocycles. The molecule has 0 aliphatic carbocycles. The lowest BCUT2D eigenvalue weighted by atomic mass is 10.2. The lowest BCUT2D eigenvalue weighted by Gasteiger charge is -2.35. The molecule has 1 fully saturated rings. The molecular weight excluding hydrogens is 427 g/mol. The van der Waals surface area contributed by atoms with Crippen molar-refractivity contribution in [1.29, 1.82) is 0 Å². The fourth-order valence-corrected chi connectivity index (χ4v) is 4.44. The Balaban J connectivity index is 1.74. The number of aromatic hydroxyl groups is 1. The van der Waals surface area contributed by atoms with E-state index in [1.165, 1.54) is 4.31 Å². The molecule has 0 saturated carbocycles. The highest BCUT2D eigenvalue weighted by molar-refractivity contribution is 14.1. The van der Waals surface area contributed by atoms with Crippen LogP contribution in [0.2, 0.25) is 0 Å². The molecule has 2 aromatic rings. The average molecular weight is 444 g/mol. The van der Waals surface area contributed by atoms with Crippen LogP contribution in [-0.4, -0.2) is 44.0 Å². The third-order valence-electron chi connectivity index (χ3n) is 3.91. The lowest BCUT2D eigenvalue weighted by molar-refractivity contribution is 0.382. The zero-order valence-electron chi connectivity index (χ0n) is 12.4. The fourth-order valence-electron chi connectivity index (χ4n) is 2.66. The van der Waals surface area contributed by atoms with Gasteiger partial charge in [-0.2, -0.15) is 4.31 Å². The van der Waals surface area contributed by atoms with E-state index >= 15 is 0 Å². The van der Waals surface area contributed by atoms with E-state index in [0.717, 1.165) is 9.26 Å². The SMILES string of the molecule is O=S(=O)(c1ccc(I)cc1)N1CCN(c2ccccc2O)CC1. The second kappa shape index (κ2) is 6.66. The normalized spacial score (nSPS) is 16.5. The van der Waals surface area contributed by atoms with Gasteiger partial charge in [-0.3, -0.25) is 0 Å². The van der Waals surface area contributed by atoms with Crippen LogP contribution >= 0.6 is 22.6 Å². The maximum Gasteiger partial charge on any atom is 0.243 e. The molecule has 1 aliphatic rings. The summed E-state index contributed by atoms with van der Waals surface area (Å²) in [6, 6.07) is 14.0. The highest BCUT2D eigenvalue weighted by atomic mass is 127. The molecule has 23 heavy (non-hydrogen) atoms. The number of phenolic OH excluding ortho intramolecular Hbond substituents is 1. The highest BCUT2D eigenvalue weighted by Gasteiger charge is 2.29. The number of phenols is 1. The van der Waals surface area contributed by atoms with Gasteiger partial charge < -0.3 is 10.0 Å². The Morgan fingerprint density at radius 1 is 0.913 bits per heavy atom. The van der Waals surface area contributed by atoms with Crippen LogP contribution < -0.4 is 4.90 Å². The van der Waals surface area contributed by atoms with Crippen LogP contribution in [0.1, 0.15) is 0 Å². The minimum Gasteiger partial charge on any atom is -0.506 e. The summed E-state index contributed by atoms with van der Waals surface area (Å²) in [5.74, 6) is 0.224. The van der Waals surface area contributed by atoms with E-state index in [0.29, 0.717) is 31.1 Å². The van der Waals surface area contributed by atoms with Gasteiger partial charge in [-0.15, -0.1) is 0 Å².